The Kier molecular flexibility index (Phi) is 6.46. The van der Waals surface area contributed by atoms with Crippen LogP contribution in [0.15, 0.2) is 77.9 Å². The summed E-state index contributed by atoms with van der Waals surface area (Å²) >= 11 is 6.18. The number of carbonyl (C=O) groups excluding carboxylic acids is 1. The number of benzene rings is 2. The number of hydrogen-bond acceptors (Lipinski definition) is 3. The van der Waals surface area contributed by atoms with E-state index in [-0.39, 0.29) is 18.3 Å². The zero-order valence-corrected chi connectivity index (χ0v) is 16.2. The highest BCUT2D eigenvalue weighted by atomic mass is 35.5. The largest absolute Gasteiger partial charge is 0.481 e. The van der Waals surface area contributed by atoms with Crippen molar-refractivity contribution in [2.24, 2.45) is 10.9 Å². The van der Waals surface area contributed by atoms with Gasteiger partial charge in [0.2, 0.25) is 0 Å². The minimum atomic E-state index is -1.08. The fourth-order valence-corrected chi connectivity index (χ4v) is 3.23. The molecule has 1 unspecified atom stereocenters. The van der Waals surface area contributed by atoms with E-state index in [1.807, 2.05) is 42.5 Å². The first-order chi connectivity index (χ1) is 13.9. The molecule has 1 atom stereocenters. The lowest BCUT2D eigenvalue weighted by Gasteiger charge is -2.11. The first-order valence-corrected chi connectivity index (χ1v) is 9.33. The van der Waals surface area contributed by atoms with Gasteiger partial charge in [0.05, 0.1) is 18.5 Å². The fourth-order valence-electron chi connectivity index (χ4n) is 2.99. The SMILES string of the molecule is O=C(O)CC(Cc1ccccc1)C(=O)N=c1ccc(-c2ccccc2Cl)cn1O. The zero-order valence-electron chi connectivity index (χ0n) is 15.4. The molecule has 1 aromatic heterocycles. The molecule has 0 spiro atoms. The number of amides is 1. The molecule has 1 amide bonds. The Balaban J connectivity index is 1.89. The number of hydrogen-bond donors (Lipinski definition) is 2. The summed E-state index contributed by atoms with van der Waals surface area (Å²) < 4.78 is 0.733. The van der Waals surface area contributed by atoms with Gasteiger partial charge in [-0.25, -0.2) is 0 Å². The predicted molar refractivity (Wildman–Crippen MR) is 109 cm³/mol. The minimum absolute atomic E-state index is 0.00857. The molecule has 6 nitrogen and oxygen atoms in total. The first kappa shape index (κ1) is 20.4. The summed E-state index contributed by atoms with van der Waals surface area (Å²) in [6, 6.07) is 19.5. The highest BCUT2D eigenvalue weighted by Crippen LogP contribution is 2.26. The second-order valence-electron chi connectivity index (χ2n) is 6.53. The molecular weight excluding hydrogens is 392 g/mol. The van der Waals surface area contributed by atoms with E-state index >= 15 is 0 Å². The Hall–Kier alpha value is -3.38. The van der Waals surface area contributed by atoms with E-state index in [9.17, 15) is 14.8 Å². The van der Waals surface area contributed by atoms with Gasteiger partial charge in [-0.15, -0.1) is 0 Å². The van der Waals surface area contributed by atoms with E-state index in [0.717, 1.165) is 15.9 Å². The van der Waals surface area contributed by atoms with Crippen LogP contribution in [0.2, 0.25) is 5.02 Å². The molecule has 1 heterocycles. The Morgan fingerprint density at radius 2 is 1.69 bits per heavy atom. The number of pyridine rings is 1. The third-order valence-corrected chi connectivity index (χ3v) is 4.74. The van der Waals surface area contributed by atoms with Gasteiger partial charge in [0.25, 0.3) is 5.91 Å². The third-order valence-electron chi connectivity index (χ3n) is 4.41. The maximum Gasteiger partial charge on any atom is 0.304 e. The number of aromatic nitrogens is 1. The number of halogens is 1. The van der Waals surface area contributed by atoms with Crippen molar-refractivity contribution >= 4 is 23.5 Å². The maximum absolute atomic E-state index is 12.6. The Morgan fingerprint density at radius 1 is 1.00 bits per heavy atom. The highest BCUT2D eigenvalue weighted by molar-refractivity contribution is 6.33. The number of nitrogens with zero attached hydrogens (tertiary/aromatic N) is 2. The highest BCUT2D eigenvalue weighted by Gasteiger charge is 2.22. The Bertz CT molecular complexity index is 1090. The van der Waals surface area contributed by atoms with Crippen LogP contribution in [0.3, 0.4) is 0 Å². The van der Waals surface area contributed by atoms with Crippen LogP contribution in [0, 0.1) is 5.92 Å². The second kappa shape index (κ2) is 9.21. The molecule has 0 aliphatic heterocycles. The van der Waals surface area contributed by atoms with E-state index in [1.54, 1.807) is 18.2 Å². The van der Waals surface area contributed by atoms with E-state index in [0.29, 0.717) is 10.6 Å². The molecule has 3 aromatic rings. The second-order valence-corrected chi connectivity index (χ2v) is 6.94. The smallest absolute Gasteiger partial charge is 0.304 e. The molecule has 0 aliphatic rings. The molecule has 0 fully saturated rings. The fraction of sp³-hybridized carbons (Fsp3) is 0.136. The van der Waals surface area contributed by atoms with Gasteiger partial charge < -0.3 is 10.3 Å². The Labute approximate surface area is 172 Å². The summed E-state index contributed by atoms with van der Waals surface area (Å²) in [5.74, 6) is -2.52. The molecule has 0 bridgehead atoms. The lowest BCUT2D eigenvalue weighted by Crippen LogP contribution is -2.25. The molecule has 148 valence electrons. The lowest BCUT2D eigenvalue weighted by atomic mass is 9.95. The quantitative estimate of drug-likeness (QED) is 0.604. The van der Waals surface area contributed by atoms with Crippen LogP contribution in [0.1, 0.15) is 12.0 Å². The van der Waals surface area contributed by atoms with Crippen molar-refractivity contribution in [1.29, 1.82) is 0 Å². The molecule has 29 heavy (non-hydrogen) atoms. The average molecular weight is 411 g/mol. The van der Waals surface area contributed by atoms with Crippen LogP contribution in [0.5, 0.6) is 0 Å². The first-order valence-electron chi connectivity index (χ1n) is 8.95. The molecule has 0 saturated heterocycles. The van der Waals surface area contributed by atoms with Gasteiger partial charge in [0.1, 0.15) is 0 Å². The van der Waals surface area contributed by atoms with Crippen LogP contribution in [-0.4, -0.2) is 26.9 Å². The summed E-state index contributed by atoms with van der Waals surface area (Å²) in [6.07, 6.45) is 1.30. The van der Waals surface area contributed by atoms with Crippen molar-refractivity contribution in [1.82, 2.24) is 4.73 Å². The zero-order chi connectivity index (χ0) is 20.8. The monoisotopic (exact) mass is 410 g/mol. The van der Waals surface area contributed by atoms with E-state index in [1.165, 1.54) is 12.3 Å². The van der Waals surface area contributed by atoms with Crippen LogP contribution >= 0.6 is 11.6 Å². The number of aliphatic carboxylic acids is 1. The van der Waals surface area contributed by atoms with E-state index < -0.39 is 17.8 Å². The molecule has 2 N–H and O–H groups in total. The van der Waals surface area contributed by atoms with Gasteiger partial charge >= 0.3 is 5.97 Å². The van der Waals surface area contributed by atoms with Crippen molar-refractivity contribution in [3.8, 4) is 11.1 Å². The van der Waals surface area contributed by atoms with Crippen LogP contribution < -0.4 is 5.49 Å². The summed E-state index contributed by atoms with van der Waals surface area (Å²) in [5.41, 5.74) is 2.22. The van der Waals surface area contributed by atoms with E-state index in [4.69, 9.17) is 16.7 Å². The van der Waals surface area contributed by atoms with Crippen molar-refractivity contribution in [2.45, 2.75) is 12.8 Å². The molecule has 0 saturated carbocycles. The van der Waals surface area contributed by atoms with E-state index in [2.05, 4.69) is 4.99 Å². The lowest BCUT2D eigenvalue weighted by molar-refractivity contribution is -0.140. The predicted octanol–water partition coefficient (Wildman–Crippen LogP) is 3.81. The van der Waals surface area contributed by atoms with Crippen LogP contribution in [0.25, 0.3) is 11.1 Å². The summed E-state index contributed by atoms with van der Waals surface area (Å²) in [6.45, 7) is 0. The molecule has 7 heteroatoms. The molecule has 0 aliphatic carbocycles. The van der Waals surface area contributed by atoms with Crippen molar-refractivity contribution in [2.75, 3.05) is 0 Å². The van der Waals surface area contributed by atoms with Crippen molar-refractivity contribution in [3.05, 3.63) is 89.0 Å². The minimum Gasteiger partial charge on any atom is -0.481 e. The molecular formula is C22H19ClN2O4. The Morgan fingerprint density at radius 3 is 2.34 bits per heavy atom. The van der Waals surface area contributed by atoms with Crippen LogP contribution in [0.4, 0.5) is 0 Å². The number of carbonyl (C=O) groups is 2. The molecule has 0 radical (unpaired) electrons. The maximum atomic E-state index is 12.6. The average Bonchev–Trinajstić information content (AvgIpc) is 2.70. The van der Waals surface area contributed by atoms with Gasteiger partial charge in [-0.3, -0.25) is 9.59 Å². The van der Waals surface area contributed by atoms with Gasteiger partial charge in [-0.05, 0) is 30.2 Å². The summed E-state index contributed by atoms with van der Waals surface area (Å²) in [7, 11) is 0. The summed E-state index contributed by atoms with van der Waals surface area (Å²) in [4.78, 5) is 27.8. The van der Waals surface area contributed by atoms with Crippen molar-refractivity contribution < 1.29 is 19.9 Å². The van der Waals surface area contributed by atoms with Crippen LogP contribution in [-0.2, 0) is 16.0 Å². The molecule has 2 aromatic carbocycles. The van der Waals surface area contributed by atoms with Gasteiger partial charge in [-0.2, -0.15) is 9.72 Å². The van der Waals surface area contributed by atoms with Gasteiger partial charge in [0.15, 0.2) is 5.49 Å². The third kappa shape index (κ3) is 5.33. The van der Waals surface area contributed by atoms with Crippen molar-refractivity contribution in [3.63, 3.8) is 0 Å². The number of carboxylic acids is 1. The topological polar surface area (TPSA) is 91.9 Å². The molecule has 3 rings (SSSR count). The normalized spacial score (nSPS) is 12.5. The number of rotatable bonds is 6. The standard InChI is InChI=1S/C22H19ClN2O4/c23-19-9-5-4-8-18(19)16-10-11-20(25(29)14-16)24-22(28)17(13-21(26)27)12-15-6-2-1-3-7-15/h1-11,14,17,29H,12-13H2,(H,26,27). The summed E-state index contributed by atoms with van der Waals surface area (Å²) in [5, 5.41) is 19.9. The van der Waals surface area contributed by atoms with Gasteiger partial charge in [0, 0.05) is 16.1 Å². The van der Waals surface area contributed by atoms with Gasteiger partial charge in [-0.1, -0.05) is 60.1 Å². The number of carboxylic acid groups (broad SMARTS) is 1.